The van der Waals surface area contributed by atoms with E-state index in [1.54, 1.807) is 6.92 Å². The molecule has 5 heteroatoms. The maximum atomic E-state index is 10.7. The number of halogens is 2. The molecule has 0 rings (SSSR count). The van der Waals surface area contributed by atoms with Gasteiger partial charge in [-0.05, 0) is 30.1 Å². The van der Waals surface area contributed by atoms with Crippen LogP contribution >= 0.6 is 23.2 Å². The van der Waals surface area contributed by atoms with E-state index in [2.05, 4.69) is 9.58 Å². The van der Waals surface area contributed by atoms with Crippen molar-refractivity contribution in [2.24, 2.45) is 0 Å². The molecule has 0 aromatic rings. The van der Waals surface area contributed by atoms with Gasteiger partial charge in [0.15, 0.2) is 6.42 Å². The summed E-state index contributed by atoms with van der Waals surface area (Å²) in [7, 11) is 0. The molecule has 0 saturated carbocycles. The molecule has 0 heterocycles. The van der Waals surface area contributed by atoms with Crippen LogP contribution in [0.2, 0.25) is 0 Å². The van der Waals surface area contributed by atoms with Crippen molar-refractivity contribution in [3.8, 4) is 0 Å². The van der Waals surface area contributed by atoms with Crippen LogP contribution in [0.25, 0.3) is 4.85 Å². The Balaban J connectivity index is 3.86. The van der Waals surface area contributed by atoms with E-state index in [1.165, 1.54) is 0 Å². The van der Waals surface area contributed by atoms with Crippen molar-refractivity contribution in [1.29, 1.82) is 0 Å². The molecule has 0 spiro atoms. The molecule has 0 fully saturated rings. The lowest BCUT2D eigenvalue weighted by Gasteiger charge is -2.04. The molecule has 0 saturated heterocycles. The largest absolute Gasteiger partial charge is 0.466 e. The first-order valence-corrected chi connectivity index (χ1v) is 3.69. The van der Waals surface area contributed by atoms with Crippen LogP contribution < -0.4 is 0 Å². The highest BCUT2D eigenvalue weighted by Crippen LogP contribution is 2.26. The van der Waals surface area contributed by atoms with Crippen LogP contribution in [0.15, 0.2) is 0 Å². The molecule has 0 aliphatic heterocycles. The van der Waals surface area contributed by atoms with E-state index < -0.39 is 10.4 Å². The van der Waals surface area contributed by atoms with Crippen molar-refractivity contribution in [2.75, 3.05) is 6.61 Å². The van der Waals surface area contributed by atoms with Gasteiger partial charge in [0, 0.05) is 0 Å². The van der Waals surface area contributed by atoms with Gasteiger partial charge in [0.2, 0.25) is 0 Å². The first kappa shape index (κ1) is 10.5. The number of alkyl halides is 2. The van der Waals surface area contributed by atoms with Crippen molar-refractivity contribution in [1.82, 2.24) is 0 Å². The summed E-state index contributed by atoms with van der Waals surface area (Å²) in [5.41, 5.74) is 0. The number of carbonyl (C=O) groups excluding carboxylic acids is 1. The van der Waals surface area contributed by atoms with E-state index in [1.807, 2.05) is 0 Å². The van der Waals surface area contributed by atoms with Crippen molar-refractivity contribution in [3.63, 3.8) is 0 Å². The second kappa shape index (κ2) is 4.42. The van der Waals surface area contributed by atoms with Gasteiger partial charge in [-0.3, -0.25) is 9.64 Å². The molecular weight excluding hydrogens is 189 g/mol. The minimum absolute atomic E-state index is 0.265. The van der Waals surface area contributed by atoms with E-state index in [4.69, 9.17) is 29.8 Å². The van der Waals surface area contributed by atoms with Crippen LogP contribution in [0.3, 0.4) is 0 Å². The predicted molar refractivity (Wildman–Crippen MR) is 42.3 cm³/mol. The molecule has 0 amide bonds. The van der Waals surface area contributed by atoms with Crippen molar-refractivity contribution < 1.29 is 9.53 Å². The van der Waals surface area contributed by atoms with Gasteiger partial charge in [-0.15, -0.1) is 0 Å². The fourth-order valence-corrected chi connectivity index (χ4v) is 0.643. The Bertz CT molecular complexity index is 186. The molecule has 0 N–H and O–H groups in total. The second-order valence-electron chi connectivity index (χ2n) is 1.76. The van der Waals surface area contributed by atoms with Gasteiger partial charge in [-0.2, -0.15) is 0 Å². The zero-order valence-electron chi connectivity index (χ0n) is 5.93. The SMILES string of the molecule is [C-]#[N+]C(Cl)(Cl)CC(=O)OCC. The van der Waals surface area contributed by atoms with E-state index in [0.717, 1.165) is 0 Å². The molecule has 0 unspecified atom stereocenters. The first-order chi connectivity index (χ1) is 5.02. The molecule has 0 aliphatic carbocycles. The number of nitrogens with zero attached hydrogens (tertiary/aromatic N) is 1. The summed E-state index contributed by atoms with van der Waals surface area (Å²) >= 11 is 10.7. The summed E-state index contributed by atoms with van der Waals surface area (Å²) < 4.78 is 2.85. The molecule has 0 atom stereocenters. The third-order valence-electron chi connectivity index (χ3n) is 0.826. The maximum absolute atomic E-state index is 10.7. The third kappa shape index (κ3) is 4.88. The maximum Gasteiger partial charge on any atom is 0.392 e. The Labute approximate surface area is 75.0 Å². The molecular formula is C6H7Cl2NO2. The lowest BCUT2D eigenvalue weighted by molar-refractivity contribution is -0.143. The Hall–Kier alpha value is -0.460. The summed E-state index contributed by atoms with van der Waals surface area (Å²) in [6.07, 6.45) is -0.298. The molecule has 0 aliphatic rings. The average Bonchev–Trinajstić information content (AvgIpc) is 1.87. The second-order valence-corrected chi connectivity index (χ2v) is 3.20. The predicted octanol–water partition coefficient (Wildman–Crippen LogP) is 1.99. The van der Waals surface area contributed by atoms with Crippen LogP contribution in [0.5, 0.6) is 0 Å². The van der Waals surface area contributed by atoms with Crippen molar-refractivity contribution >= 4 is 29.2 Å². The van der Waals surface area contributed by atoms with Crippen LogP contribution in [0, 0.1) is 6.57 Å². The molecule has 11 heavy (non-hydrogen) atoms. The highest BCUT2D eigenvalue weighted by molar-refractivity contribution is 6.50. The lowest BCUT2D eigenvalue weighted by atomic mass is 10.4. The van der Waals surface area contributed by atoms with Gasteiger partial charge < -0.3 is 4.74 Å². The zero-order valence-corrected chi connectivity index (χ0v) is 7.45. The standard InChI is InChI=1S/C6H7Cl2NO2/c1-3-11-5(10)4-6(7,8)9-2/h3-4H2,1H3. The average molecular weight is 196 g/mol. The monoisotopic (exact) mass is 195 g/mol. The highest BCUT2D eigenvalue weighted by atomic mass is 35.5. The van der Waals surface area contributed by atoms with E-state index >= 15 is 0 Å². The Morgan fingerprint density at radius 2 is 2.27 bits per heavy atom. The van der Waals surface area contributed by atoms with E-state index in [9.17, 15) is 4.79 Å². The normalized spacial score (nSPS) is 10.4. The fourth-order valence-electron chi connectivity index (χ4n) is 0.425. The Morgan fingerprint density at radius 1 is 1.73 bits per heavy atom. The summed E-state index contributed by atoms with van der Waals surface area (Å²) in [6, 6.07) is 0. The van der Waals surface area contributed by atoms with Crippen LogP contribution in [0.4, 0.5) is 0 Å². The van der Waals surface area contributed by atoms with E-state index in [-0.39, 0.29) is 13.0 Å². The van der Waals surface area contributed by atoms with Crippen LogP contribution in [-0.2, 0) is 9.53 Å². The van der Waals surface area contributed by atoms with Crippen LogP contribution in [0.1, 0.15) is 13.3 Å². The topological polar surface area (TPSA) is 30.7 Å². The minimum atomic E-state index is -1.67. The molecule has 0 aromatic carbocycles. The first-order valence-electron chi connectivity index (χ1n) is 2.94. The number of esters is 1. The Kier molecular flexibility index (Phi) is 4.24. The van der Waals surface area contributed by atoms with Gasteiger partial charge in [0.05, 0.1) is 6.61 Å². The highest BCUT2D eigenvalue weighted by Gasteiger charge is 2.34. The van der Waals surface area contributed by atoms with Crippen molar-refractivity contribution in [2.45, 2.75) is 17.8 Å². The van der Waals surface area contributed by atoms with Crippen molar-refractivity contribution in [3.05, 3.63) is 11.4 Å². The minimum Gasteiger partial charge on any atom is -0.466 e. The number of hydrogen-bond acceptors (Lipinski definition) is 2. The van der Waals surface area contributed by atoms with Crippen LogP contribution in [-0.4, -0.2) is 17.0 Å². The number of rotatable bonds is 3. The van der Waals surface area contributed by atoms with Gasteiger partial charge in [-0.25, -0.2) is 6.57 Å². The van der Waals surface area contributed by atoms with Gasteiger partial charge in [-0.1, -0.05) is 0 Å². The van der Waals surface area contributed by atoms with E-state index in [0.29, 0.717) is 0 Å². The fraction of sp³-hybridized carbons (Fsp3) is 0.667. The summed E-state index contributed by atoms with van der Waals surface area (Å²) in [5.74, 6) is -0.562. The number of ether oxygens (including phenoxy) is 1. The van der Waals surface area contributed by atoms with Gasteiger partial charge >= 0.3 is 10.4 Å². The summed E-state index contributed by atoms with van der Waals surface area (Å²) in [4.78, 5) is 13.5. The molecule has 62 valence electrons. The summed E-state index contributed by atoms with van der Waals surface area (Å²) in [6.45, 7) is 8.42. The smallest absolute Gasteiger partial charge is 0.392 e. The third-order valence-corrected chi connectivity index (χ3v) is 1.26. The molecule has 0 aromatic heterocycles. The van der Waals surface area contributed by atoms with Gasteiger partial charge in [0.25, 0.3) is 0 Å². The quantitative estimate of drug-likeness (QED) is 0.299. The number of carbonyl (C=O) groups is 1. The lowest BCUT2D eigenvalue weighted by Crippen LogP contribution is -2.16. The molecule has 0 radical (unpaired) electrons. The Morgan fingerprint density at radius 3 is 2.64 bits per heavy atom. The molecule has 0 bridgehead atoms. The van der Waals surface area contributed by atoms with Gasteiger partial charge in [0.1, 0.15) is 0 Å². The zero-order chi connectivity index (χ0) is 8.91. The summed E-state index contributed by atoms with van der Waals surface area (Å²) in [5, 5.41) is 0. The molecule has 3 nitrogen and oxygen atoms in total. The number of hydrogen-bond donors (Lipinski definition) is 0.